The summed E-state index contributed by atoms with van der Waals surface area (Å²) < 4.78 is 10.8. The minimum absolute atomic E-state index is 0.519. The number of ether oxygens (including phenoxy) is 2. The third-order valence-corrected chi connectivity index (χ3v) is 2.33. The monoisotopic (exact) mass is 185 g/mol. The maximum atomic E-state index is 5.45. The largest absolute Gasteiger partial charge is 0.486 e. The maximum absolute atomic E-state index is 5.45. The van der Waals surface area contributed by atoms with E-state index in [1.165, 1.54) is 10.8 Å². The van der Waals surface area contributed by atoms with Crippen molar-refractivity contribution in [3.05, 3.63) is 43.0 Å². The molecular weight excluding hydrogens is 176 g/mol. The molecule has 1 aliphatic rings. The van der Waals surface area contributed by atoms with Gasteiger partial charge in [-0.3, -0.25) is 0 Å². The molecule has 1 heterocycles. The molecule has 0 atom stereocenters. The predicted molar refractivity (Wildman–Crippen MR) is 54.4 cm³/mol. The van der Waals surface area contributed by atoms with Crippen molar-refractivity contribution >= 4 is 10.8 Å². The Morgan fingerprint density at radius 3 is 2.43 bits per heavy atom. The van der Waals surface area contributed by atoms with Gasteiger partial charge in [0.05, 0.1) is 0 Å². The van der Waals surface area contributed by atoms with Crippen LogP contribution in [0.5, 0.6) is 11.5 Å². The van der Waals surface area contributed by atoms with E-state index in [9.17, 15) is 0 Å². The van der Waals surface area contributed by atoms with Crippen molar-refractivity contribution in [3.63, 3.8) is 0 Å². The van der Waals surface area contributed by atoms with E-state index in [4.69, 9.17) is 9.47 Å². The van der Waals surface area contributed by atoms with Crippen molar-refractivity contribution in [1.29, 1.82) is 0 Å². The lowest BCUT2D eigenvalue weighted by Gasteiger charge is -2.18. The fourth-order valence-corrected chi connectivity index (χ4v) is 1.65. The first-order valence-corrected chi connectivity index (χ1v) is 4.57. The van der Waals surface area contributed by atoms with Crippen LogP contribution in [-0.4, -0.2) is 6.61 Å². The minimum atomic E-state index is 0.519. The minimum Gasteiger partial charge on any atom is -0.486 e. The van der Waals surface area contributed by atoms with Gasteiger partial charge in [0.2, 0.25) is 0 Å². The Bertz CT molecular complexity index is 432. The molecule has 69 valence electrons. The standard InChI is InChI=1S/C12H9O2/c1-2-4-10-8-12-11(7-9(10)3-1)13-5-6-14-12/h1-5,7-8H,6H2. The zero-order chi connectivity index (χ0) is 9.38. The Hall–Kier alpha value is -1.70. The molecular formula is C12H9O2. The highest BCUT2D eigenvalue weighted by atomic mass is 16.6. The van der Waals surface area contributed by atoms with Gasteiger partial charge in [-0.25, -0.2) is 0 Å². The van der Waals surface area contributed by atoms with Crippen LogP contribution in [0.3, 0.4) is 0 Å². The van der Waals surface area contributed by atoms with Gasteiger partial charge in [0.15, 0.2) is 18.1 Å². The molecule has 0 amide bonds. The van der Waals surface area contributed by atoms with Crippen molar-refractivity contribution in [2.45, 2.75) is 0 Å². The Morgan fingerprint density at radius 1 is 0.929 bits per heavy atom. The number of hydrogen-bond donors (Lipinski definition) is 0. The van der Waals surface area contributed by atoms with Crippen molar-refractivity contribution in [3.8, 4) is 11.5 Å². The molecule has 2 nitrogen and oxygen atoms in total. The van der Waals surface area contributed by atoms with E-state index in [0.717, 1.165) is 11.5 Å². The molecule has 2 heteroatoms. The zero-order valence-corrected chi connectivity index (χ0v) is 7.57. The first-order chi connectivity index (χ1) is 6.93. The molecule has 0 saturated carbocycles. The van der Waals surface area contributed by atoms with Gasteiger partial charge in [0.1, 0.15) is 6.61 Å². The van der Waals surface area contributed by atoms with E-state index < -0.39 is 0 Å². The van der Waals surface area contributed by atoms with Crippen LogP contribution in [-0.2, 0) is 0 Å². The molecule has 0 aromatic heterocycles. The molecule has 0 N–H and O–H groups in total. The second-order valence-corrected chi connectivity index (χ2v) is 3.24. The van der Waals surface area contributed by atoms with Gasteiger partial charge in [-0.1, -0.05) is 24.3 Å². The number of hydrogen-bond acceptors (Lipinski definition) is 2. The molecule has 2 aromatic carbocycles. The van der Waals surface area contributed by atoms with Crippen molar-refractivity contribution in [1.82, 2.24) is 0 Å². The van der Waals surface area contributed by atoms with Crippen LogP contribution in [0.1, 0.15) is 0 Å². The number of fused-ring (bicyclic) bond motifs is 2. The van der Waals surface area contributed by atoms with Gasteiger partial charge < -0.3 is 9.47 Å². The van der Waals surface area contributed by atoms with Gasteiger partial charge in [-0.05, 0) is 22.9 Å². The summed E-state index contributed by atoms with van der Waals surface area (Å²) in [6.45, 7) is 2.18. The molecule has 0 saturated heterocycles. The van der Waals surface area contributed by atoms with E-state index in [2.05, 4.69) is 12.1 Å². The van der Waals surface area contributed by atoms with Crippen LogP contribution >= 0.6 is 0 Å². The molecule has 0 spiro atoms. The summed E-state index contributed by atoms with van der Waals surface area (Å²) in [7, 11) is 0. The van der Waals surface area contributed by atoms with Crippen LogP contribution in [0.15, 0.2) is 36.4 Å². The van der Waals surface area contributed by atoms with Gasteiger partial charge in [0.25, 0.3) is 0 Å². The Balaban J connectivity index is 2.27. The van der Waals surface area contributed by atoms with Crippen LogP contribution in [0, 0.1) is 6.61 Å². The summed E-state index contributed by atoms with van der Waals surface area (Å²) in [4.78, 5) is 0. The number of rotatable bonds is 0. The average Bonchev–Trinajstić information content (AvgIpc) is 2.26. The third-order valence-electron chi connectivity index (χ3n) is 2.33. The lowest BCUT2D eigenvalue weighted by molar-refractivity contribution is 0.224. The SMILES string of the molecule is [CH]1COc2cc3ccccc3cc2O1. The van der Waals surface area contributed by atoms with Crippen LogP contribution in [0.4, 0.5) is 0 Å². The summed E-state index contributed by atoms with van der Waals surface area (Å²) in [5.41, 5.74) is 0. The van der Waals surface area contributed by atoms with Crippen LogP contribution < -0.4 is 9.47 Å². The molecule has 0 aliphatic carbocycles. The second-order valence-electron chi connectivity index (χ2n) is 3.24. The summed E-state index contributed by atoms with van der Waals surface area (Å²) in [6, 6.07) is 12.2. The van der Waals surface area contributed by atoms with Gasteiger partial charge in [-0.2, -0.15) is 0 Å². The zero-order valence-electron chi connectivity index (χ0n) is 7.57. The van der Waals surface area contributed by atoms with E-state index in [1.54, 1.807) is 6.61 Å². The highest BCUT2D eigenvalue weighted by molar-refractivity contribution is 5.86. The fraction of sp³-hybridized carbons (Fsp3) is 0.0833. The van der Waals surface area contributed by atoms with Gasteiger partial charge in [0, 0.05) is 0 Å². The van der Waals surface area contributed by atoms with Crippen molar-refractivity contribution in [2.75, 3.05) is 6.61 Å². The van der Waals surface area contributed by atoms with E-state index in [-0.39, 0.29) is 0 Å². The summed E-state index contributed by atoms with van der Waals surface area (Å²) in [6.07, 6.45) is 0. The Kier molecular flexibility index (Phi) is 1.60. The molecule has 3 rings (SSSR count). The molecule has 0 unspecified atom stereocenters. The van der Waals surface area contributed by atoms with Crippen LogP contribution in [0.25, 0.3) is 10.8 Å². The summed E-state index contributed by atoms with van der Waals surface area (Å²) in [5.74, 6) is 1.63. The van der Waals surface area contributed by atoms with Crippen LogP contribution in [0.2, 0.25) is 0 Å². The second kappa shape index (κ2) is 2.91. The summed E-state index contributed by atoms with van der Waals surface area (Å²) >= 11 is 0. The molecule has 0 bridgehead atoms. The van der Waals surface area contributed by atoms with E-state index in [1.807, 2.05) is 24.3 Å². The number of benzene rings is 2. The smallest absolute Gasteiger partial charge is 0.173 e. The lowest BCUT2D eigenvalue weighted by atomic mass is 10.1. The Morgan fingerprint density at radius 2 is 1.64 bits per heavy atom. The predicted octanol–water partition coefficient (Wildman–Crippen LogP) is 2.77. The van der Waals surface area contributed by atoms with Crippen molar-refractivity contribution in [2.24, 2.45) is 0 Å². The first kappa shape index (κ1) is 7.68. The fourth-order valence-electron chi connectivity index (χ4n) is 1.65. The highest BCUT2D eigenvalue weighted by Crippen LogP contribution is 2.34. The van der Waals surface area contributed by atoms with Gasteiger partial charge >= 0.3 is 0 Å². The van der Waals surface area contributed by atoms with Crippen molar-refractivity contribution < 1.29 is 9.47 Å². The molecule has 1 radical (unpaired) electrons. The molecule has 2 aromatic rings. The third kappa shape index (κ3) is 1.11. The van der Waals surface area contributed by atoms with E-state index in [0.29, 0.717) is 6.61 Å². The van der Waals surface area contributed by atoms with Gasteiger partial charge in [-0.15, -0.1) is 0 Å². The average molecular weight is 185 g/mol. The normalized spacial score (nSPS) is 14.3. The summed E-state index contributed by atoms with van der Waals surface area (Å²) in [5, 5.41) is 2.35. The quantitative estimate of drug-likeness (QED) is 0.628. The van der Waals surface area contributed by atoms with E-state index >= 15 is 0 Å². The molecule has 14 heavy (non-hydrogen) atoms. The molecule has 0 fully saturated rings. The highest BCUT2D eigenvalue weighted by Gasteiger charge is 2.12. The topological polar surface area (TPSA) is 18.5 Å². The molecule has 1 aliphatic heterocycles. The maximum Gasteiger partial charge on any atom is 0.173 e. The Labute approximate surface area is 82.1 Å². The first-order valence-electron chi connectivity index (χ1n) is 4.57. The lowest BCUT2D eigenvalue weighted by Crippen LogP contribution is -2.09.